The molecule has 0 aliphatic rings. The predicted octanol–water partition coefficient (Wildman–Crippen LogP) is 1.60. The molecule has 1 aromatic heterocycles. The van der Waals surface area contributed by atoms with E-state index in [1.807, 2.05) is 6.92 Å². The van der Waals surface area contributed by atoms with Gasteiger partial charge < -0.3 is 5.32 Å². The smallest absolute Gasteiger partial charge is 0.310 e. The fourth-order valence-corrected chi connectivity index (χ4v) is 1.55. The lowest BCUT2D eigenvalue weighted by Gasteiger charge is -2.20. The molecule has 1 rings (SSSR count). The SMILES string of the molecule is CC(Cn1cncn1)NC(C)CC(F)(F)F. The first-order chi connectivity index (χ1) is 7.37. The Labute approximate surface area is 91.9 Å². The van der Waals surface area contributed by atoms with Crippen LogP contribution >= 0.6 is 0 Å². The zero-order valence-electron chi connectivity index (χ0n) is 9.20. The Balaban J connectivity index is 2.31. The topological polar surface area (TPSA) is 42.7 Å². The van der Waals surface area contributed by atoms with E-state index in [2.05, 4.69) is 15.4 Å². The van der Waals surface area contributed by atoms with Crippen molar-refractivity contribution in [2.75, 3.05) is 0 Å². The minimum Gasteiger partial charge on any atom is -0.310 e. The van der Waals surface area contributed by atoms with Crippen LogP contribution in [0, 0.1) is 0 Å². The maximum absolute atomic E-state index is 12.1. The molecule has 92 valence electrons. The monoisotopic (exact) mass is 236 g/mol. The van der Waals surface area contributed by atoms with Gasteiger partial charge in [0.05, 0.1) is 13.0 Å². The van der Waals surface area contributed by atoms with Crippen LogP contribution in [0.2, 0.25) is 0 Å². The first kappa shape index (κ1) is 13.0. The normalized spacial score (nSPS) is 16.1. The van der Waals surface area contributed by atoms with Gasteiger partial charge in [-0.05, 0) is 13.8 Å². The molecule has 1 heterocycles. The number of aromatic nitrogens is 3. The Bertz CT molecular complexity index is 296. The lowest BCUT2D eigenvalue weighted by atomic mass is 10.2. The lowest BCUT2D eigenvalue weighted by Crippen LogP contribution is -2.39. The van der Waals surface area contributed by atoms with Crippen molar-refractivity contribution in [1.82, 2.24) is 20.1 Å². The van der Waals surface area contributed by atoms with Crippen LogP contribution in [0.5, 0.6) is 0 Å². The Morgan fingerprint density at radius 1 is 1.31 bits per heavy atom. The van der Waals surface area contributed by atoms with Gasteiger partial charge in [-0.1, -0.05) is 0 Å². The van der Waals surface area contributed by atoms with Crippen LogP contribution in [0.25, 0.3) is 0 Å². The standard InChI is InChI=1S/C9H15F3N4/c1-7(3-9(10,11)12)15-8(2)4-16-6-13-5-14-16/h5-8,15H,3-4H2,1-2H3. The molecule has 1 N–H and O–H groups in total. The summed E-state index contributed by atoms with van der Waals surface area (Å²) in [7, 11) is 0. The molecule has 7 heteroatoms. The minimum absolute atomic E-state index is 0.0842. The second-order valence-electron chi connectivity index (χ2n) is 3.91. The van der Waals surface area contributed by atoms with Crippen LogP contribution in [0.15, 0.2) is 12.7 Å². The molecule has 0 aromatic carbocycles. The molecule has 0 aliphatic carbocycles. The van der Waals surface area contributed by atoms with Gasteiger partial charge in [0.1, 0.15) is 12.7 Å². The van der Waals surface area contributed by atoms with Gasteiger partial charge in [-0.15, -0.1) is 0 Å². The largest absolute Gasteiger partial charge is 0.390 e. The summed E-state index contributed by atoms with van der Waals surface area (Å²) < 4.78 is 37.8. The summed E-state index contributed by atoms with van der Waals surface area (Å²) in [6.07, 6.45) is -2.02. The van der Waals surface area contributed by atoms with E-state index < -0.39 is 18.6 Å². The molecule has 1 aromatic rings. The molecule has 0 spiro atoms. The molecule has 0 bridgehead atoms. The number of nitrogens with one attached hydrogen (secondary N) is 1. The van der Waals surface area contributed by atoms with Crippen molar-refractivity contribution in [2.45, 2.75) is 45.1 Å². The number of halogens is 3. The molecule has 0 aliphatic heterocycles. The Morgan fingerprint density at radius 2 is 2.00 bits per heavy atom. The van der Waals surface area contributed by atoms with Gasteiger partial charge in [-0.25, -0.2) is 4.98 Å². The van der Waals surface area contributed by atoms with Gasteiger partial charge in [0.15, 0.2) is 0 Å². The average Bonchev–Trinajstić information content (AvgIpc) is 2.51. The minimum atomic E-state index is -4.13. The van der Waals surface area contributed by atoms with E-state index in [1.54, 1.807) is 4.68 Å². The number of hydrogen-bond donors (Lipinski definition) is 1. The average molecular weight is 236 g/mol. The molecule has 0 amide bonds. The van der Waals surface area contributed by atoms with E-state index in [9.17, 15) is 13.2 Å². The highest BCUT2D eigenvalue weighted by Gasteiger charge is 2.30. The molecule has 4 nitrogen and oxygen atoms in total. The molecule has 2 unspecified atom stereocenters. The van der Waals surface area contributed by atoms with Gasteiger partial charge in [-0.3, -0.25) is 4.68 Å². The lowest BCUT2D eigenvalue weighted by molar-refractivity contribution is -0.139. The number of nitrogens with zero attached hydrogens (tertiary/aromatic N) is 3. The fourth-order valence-electron chi connectivity index (χ4n) is 1.55. The second-order valence-corrected chi connectivity index (χ2v) is 3.91. The van der Waals surface area contributed by atoms with Gasteiger partial charge in [0, 0.05) is 12.1 Å². The fraction of sp³-hybridized carbons (Fsp3) is 0.778. The molecule has 2 atom stereocenters. The molecular weight excluding hydrogens is 221 g/mol. The van der Waals surface area contributed by atoms with Crippen molar-refractivity contribution < 1.29 is 13.2 Å². The highest BCUT2D eigenvalue weighted by molar-refractivity contribution is 4.71. The maximum atomic E-state index is 12.1. The van der Waals surface area contributed by atoms with Gasteiger partial charge in [0.2, 0.25) is 0 Å². The Hall–Kier alpha value is -1.11. The van der Waals surface area contributed by atoms with Gasteiger partial charge in [-0.2, -0.15) is 18.3 Å². The summed E-state index contributed by atoms with van der Waals surface area (Å²) >= 11 is 0. The first-order valence-corrected chi connectivity index (χ1v) is 5.02. The third kappa shape index (κ3) is 5.11. The molecular formula is C9H15F3N4. The van der Waals surface area contributed by atoms with Crippen LogP contribution in [0.4, 0.5) is 13.2 Å². The third-order valence-electron chi connectivity index (χ3n) is 2.03. The number of alkyl halides is 3. The summed E-state index contributed by atoms with van der Waals surface area (Å²) in [5.74, 6) is 0. The predicted molar refractivity (Wildman–Crippen MR) is 52.8 cm³/mol. The van der Waals surface area contributed by atoms with E-state index in [-0.39, 0.29) is 6.04 Å². The molecule has 0 saturated heterocycles. The van der Waals surface area contributed by atoms with Gasteiger partial charge >= 0.3 is 6.18 Å². The van der Waals surface area contributed by atoms with Crippen molar-refractivity contribution in [1.29, 1.82) is 0 Å². The van der Waals surface area contributed by atoms with Crippen LogP contribution < -0.4 is 5.32 Å². The van der Waals surface area contributed by atoms with Crippen LogP contribution in [0.1, 0.15) is 20.3 Å². The maximum Gasteiger partial charge on any atom is 0.390 e. The Kier molecular flexibility index (Phi) is 4.28. The highest BCUT2D eigenvalue weighted by Crippen LogP contribution is 2.21. The van der Waals surface area contributed by atoms with E-state index >= 15 is 0 Å². The summed E-state index contributed by atoms with van der Waals surface area (Å²) in [4.78, 5) is 3.76. The van der Waals surface area contributed by atoms with Crippen molar-refractivity contribution in [2.24, 2.45) is 0 Å². The Morgan fingerprint density at radius 3 is 2.50 bits per heavy atom. The first-order valence-electron chi connectivity index (χ1n) is 5.02. The molecule has 16 heavy (non-hydrogen) atoms. The van der Waals surface area contributed by atoms with E-state index in [4.69, 9.17) is 0 Å². The zero-order chi connectivity index (χ0) is 12.2. The zero-order valence-corrected chi connectivity index (χ0v) is 9.20. The van der Waals surface area contributed by atoms with Crippen molar-refractivity contribution in [3.8, 4) is 0 Å². The number of hydrogen-bond acceptors (Lipinski definition) is 3. The third-order valence-corrected chi connectivity index (χ3v) is 2.03. The second kappa shape index (κ2) is 5.29. The number of rotatable bonds is 5. The summed E-state index contributed by atoms with van der Waals surface area (Å²) in [5, 5.41) is 6.75. The van der Waals surface area contributed by atoms with Crippen LogP contribution in [0.3, 0.4) is 0 Å². The molecule has 0 radical (unpaired) electrons. The summed E-state index contributed by atoms with van der Waals surface area (Å²) in [6.45, 7) is 3.84. The van der Waals surface area contributed by atoms with Gasteiger partial charge in [0.25, 0.3) is 0 Å². The van der Waals surface area contributed by atoms with Crippen LogP contribution in [-0.2, 0) is 6.54 Å². The van der Waals surface area contributed by atoms with Crippen LogP contribution in [-0.4, -0.2) is 33.0 Å². The van der Waals surface area contributed by atoms with E-state index in [1.165, 1.54) is 19.6 Å². The summed E-state index contributed by atoms with van der Waals surface area (Å²) in [6, 6.07) is -0.683. The van der Waals surface area contributed by atoms with E-state index in [0.29, 0.717) is 6.54 Å². The molecule has 0 fully saturated rings. The highest BCUT2D eigenvalue weighted by atomic mass is 19.4. The van der Waals surface area contributed by atoms with E-state index in [0.717, 1.165) is 0 Å². The van der Waals surface area contributed by atoms with Crippen molar-refractivity contribution in [3.05, 3.63) is 12.7 Å². The quantitative estimate of drug-likeness (QED) is 0.844. The van der Waals surface area contributed by atoms with Crippen molar-refractivity contribution in [3.63, 3.8) is 0 Å². The molecule has 0 saturated carbocycles. The summed E-state index contributed by atoms with van der Waals surface area (Å²) in [5.41, 5.74) is 0. The van der Waals surface area contributed by atoms with Crippen molar-refractivity contribution >= 4 is 0 Å².